The lowest BCUT2D eigenvalue weighted by atomic mass is 10.0. The second kappa shape index (κ2) is 3.86. The Bertz CT molecular complexity index is 520. The molecule has 0 radical (unpaired) electrons. The van der Waals surface area contributed by atoms with Crippen LogP contribution < -0.4 is 5.32 Å². The molecule has 16 heavy (non-hydrogen) atoms. The van der Waals surface area contributed by atoms with Crippen LogP contribution in [0.2, 0.25) is 0 Å². The van der Waals surface area contributed by atoms with E-state index >= 15 is 0 Å². The zero-order valence-corrected chi connectivity index (χ0v) is 10.7. The van der Waals surface area contributed by atoms with Crippen molar-refractivity contribution < 1.29 is 0 Å². The first-order valence-electron chi connectivity index (χ1n) is 5.62. The van der Waals surface area contributed by atoms with Gasteiger partial charge in [-0.2, -0.15) is 0 Å². The zero-order chi connectivity index (χ0) is 11.1. The van der Waals surface area contributed by atoms with Gasteiger partial charge < -0.3 is 10.3 Å². The fraction of sp³-hybridized carbons (Fsp3) is 0.417. The predicted octanol–water partition coefficient (Wildman–Crippen LogP) is 3.00. The van der Waals surface area contributed by atoms with E-state index in [0.29, 0.717) is 12.0 Å². The van der Waals surface area contributed by atoms with Crippen molar-refractivity contribution in [2.75, 3.05) is 6.54 Å². The van der Waals surface area contributed by atoms with Gasteiger partial charge in [-0.25, -0.2) is 4.98 Å². The first-order valence-corrected chi connectivity index (χ1v) is 6.42. The highest BCUT2D eigenvalue weighted by molar-refractivity contribution is 9.10. The summed E-state index contributed by atoms with van der Waals surface area (Å²) in [6.45, 7) is 3.36. The molecule has 0 spiro atoms. The summed E-state index contributed by atoms with van der Waals surface area (Å²) in [5.41, 5.74) is 2.14. The molecule has 3 rings (SSSR count). The zero-order valence-electron chi connectivity index (χ0n) is 9.13. The van der Waals surface area contributed by atoms with Crippen molar-refractivity contribution in [2.24, 2.45) is 5.92 Å². The first kappa shape index (κ1) is 10.3. The van der Waals surface area contributed by atoms with Crippen molar-refractivity contribution in [2.45, 2.75) is 19.4 Å². The lowest BCUT2D eigenvalue weighted by Crippen LogP contribution is -2.17. The van der Waals surface area contributed by atoms with E-state index in [0.717, 1.165) is 27.9 Å². The number of aromatic nitrogens is 2. The third-order valence-corrected chi connectivity index (χ3v) is 3.78. The number of rotatable bonds is 1. The monoisotopic (exact) mass is 279 g/mol. The molecule has 1 aromatic heterocycles. The minimum atomic E-state index is 0.381. The molecular formula is C12H14BrN3. The molecule has 84 valence electrons. The van der Waals surface area contributed by atoms with Gasteiger partial charge in [0, 0.05) is 4.47 Å². The SMILES string of the molecule is CC1CCNC1c1nc2ccc(Br)cc2[nH]1. The minimum absolute atomic E-state index is 0.381. The molecule has 2 unspecified atom stereocenters. The van der Waals surface area contributed by atoms with Crippen LogP contribution in [0, 0.1) is 5.92 Å². The average Bonchev–Trinajstić information content (AvgIpc) is 2.82. The summed E-state index contributed by atoms with van der Waals surface area (Å²) in [6, 6.07) is 6.52. The Morgan fingerprint density at radius 3 is 3.06 bits per heavy atom. The van der Waals surface area contributed by atoms with E-state index in [9.17, 15) is 0 Å². The Hall–Kier alpha value is -0.870. The van der Waals surface area contributed by atoms with Crippen LogP contribution in [0.25, 0.3) is 11.0 Å². The topological polar surface area (TPSA) is 40.7 Å². The predicted molar refractivity (Wildman–Crippen MR) is 68.3 cm³/mol. The third-order valence-electron chi connectivity index (χ3n) is 3.29. The standard InChI is InChI=1S/C12H14BrN3/c1-7-4-5-14-11(7)12-15-9-3-2-8(13)6-10(9)16-12/h2-3,6-7,11,14H,4-5H2,1H3,(H,15,16). The van der Waals surface area contributed by atoms with Gasteiger partial charge in [-0.3, -0.25) is 0 Å². The third kappa shape index (κ3) is 1.66. The molecule has 1 fully saturated rings. The molecule has 1 aliphatic rings. The maximum absolute atomic E-state index is 4.65. The number of imidazole rings is 1. The van der Waals surface area contributed by atoms with Crippen LogP contribution >= 0.6 is 15.9 Å². The number of hydrogen-bond donors (Lipinski definition) is 2. The molecule has 2 heterocycles. The van der Waals surface area contributed by atoms with Gasteiger partial charge in [0.1, 0.15) is 5.82 Å². The van der Waals surface area contributed by atoms with Gasteiger partial charge in [0.2, 0.25) is 0 Å². The summed E-state index contributed by atoms with van der Waals surface area (Å²) in [7, 11) is 0. The average molecular weight is 280 g/mol. The molecule has 0 amide bonds. The summed E-state index contributed by atoms with van der Waals surface area (Å²) in [4.78, 5) is 8.05. The Labute approximate surface area is 103 Å². The molecule has 2 atom stereocenters. The number of nitrogens with zero attached hydrogens (tertiary/aromatic N) is 1. The number of H-pyrrole nitrogens is 1. The van der Waals surface area contributed by atoms with Crippen LogP contribution in [-0.4, -0.2) is 16.5 Å². The maximum atomic E-state index is 4.65. The van der Waals surface area contributed by atoms with Crippen molar-refractivity contribution in [1.29, 1.82) is 0 Å². The highest BCUT2D eigenvalue weighted by Gasteiger charge is 2.26. The number of fused-ring (bicyclic) bond motifs is 1. The van der Waals surface area contributed by atoms with Crippen molar-refractivity contribution in [3.63, 3.8) is 0 Å². The lowest BCUT2D eigenvalue weighted by molar-refractivity contribution is 0.484. The number of benzene rings is 1. The largest absolute Gasteiger partial charge is 0.341 e. The van der Waals surface area contributed by atoms with Crippen LogP contribution in [0.5, 0.6) is 0 Å². The van der Waals surface area contributed by atoms with E-state index in [4.69, 9.17) is 0 Å². The molecule has 0 bridgehead atoms. The summed E-state index contributed by atoms with van der Waals surface area (Å²) < 4.78 is 1.09. The van der Waals surface area contributed by atoms with Gasteiger partial charge in [0.05, 0.1) is 17.1 Å². The highest BCUT2D eigenvalue weighted by atomic mass is 79.9. The Morgan fingerprint density at radius 1 is 1.44 bits per heavy atom. The second-order valence-electron chi connectivity index (χ2n) is 4.48. The summed E-state index contributed by atoms with van der Waals surface area (Å²) in [5.74, 6) is 1.72. The second-order valence-corrected chi connectivity index (χ2v) is 5.40. The normalized spacial score (nSPS) is 25.4. The fourth-order valence-corrected chi connectivity index (χ4v) is 2.71. The first-order chi connectivity index (χ1) is 7.74. The van der Waals surface area contributed by atoms with E-state index in [1.54, 1.807) is 0 Å². The highest BCUT2D eigenvalue weighted by Crippen LogP contribution is 2.29. The lowest BCUT2D eigenvalue weighted by Gasteiger charge is -2.11. The Balaban J connectivity index is 2.04. The molecule has 4 heteroatoms. The van der Waals surface area contributed by atoms with Gasteiger partial charge in [0.25, 0.3) is 0 Å². The number of nitrogens with one attached hydrogen (secondary N) is 2. The fourth-order valence-electron chi connectivity index (χ4n) is 2.35. The van der Waals surface area contributed by atoms with Gasteiger partial charge in [-0.15, -0.1) is 0 Å². The minimum Gasteiger partial charge on any atom is -0.341 e. The molecule has 3 nitrogen and oxygen atoms in total. The summed E-state index contributed by atoms with van der Waals surface area (Å²) in [6.07, 6.45) is 1.23. The van der Waals surface area contributed by atoms with Gasteiger partial charge in [-0.1, -0.05) is 22.9 Å². The van der Waals surface area contributed by atoms with Gasteiger partial charge in [-0.05, 0) is 37.1 Å². The Morgan fingerprint density at radius 2 is 2.31 bits per heavy atom. The molecule has 2 N–H and O–H groups in total. The molecule has 2 aromatic rings. The van der Waals surface area contributed by atoms with Crippen LogP contribution in [0.1, 0.15) is 25.2 Å². The summed E-state index contributed by atoms with van der Waals surface area (Å²) >= 11 is 3.47. The quantitative estimate of drug-likeness (QED) is 0.843. The summed E-state index contributed by atoms with van der Waals surface area (Å²) in [5, 5.41) is 3.49. The van der Waals surface area contributed by atoms with Crippen LogP contribution in [0.3, 0.4) is 0 Å². The Kier molecular flexibility index (Phi) is 2.48. The van der Waals surface area contributed by atoms with E-state index < -0.39 is 0 Å². The van der Waals surface area contributed by atoms with Crippen LogP contribution in [0.4, 0.5) is 0 Å². The van der Waals surface area contributed by atoms with E-state index in [1.165, 1.54) is 6.42 Å². The molecule has 0 aliphatic carbocycles. The van der Waals surface area contributed by atoms with Crippen LogP contribution in [0.15, 0.2) is 22.7 Å². The van der Waals surface area contributed by atoms with Gasteiger partial charge >= 0.3 is 0 Å². The molecule has 1 aromatic carbocycles. The van der Waals surface area contributed by atoms with Gasteiger partial charge in [0.15, 0.2) is 0 Å². The van der Waals surface area contributed by atoms with Crippen LogP contribution in [-0.2, 0) is 0 Å². The maximum Gasteiger partial charge on any atom is 0.124 e. The van der Waals surface area contributed by atoms with Crippen molar-refractivity contribution >= 4 is 27.0 Å². The number of halogens is 1. The molecular weight excluding hydrogens is 266 g/mol. The molecule has 0 saturated carbocycles. The number of hydrogen-bond acceptors (Lipinski definition) is 2. The molecule has 1 saturated heterocycles. The molecule has 1 aliphatic heterocycles. The van der Waals surface area contributed by atoms with Crippen molar-refractivity contribution in [3.8, 4) is 0 Å². The van der Waals surface area contributed by atoms with E-state index in [2.05, 4.69) is 44.2 Å². The van der Waals surface area contributed by atoms with E-state index in [-0.39, 0.29) is 0 Å². The van der Waals surface area contributed by atoms with Crippen molar-refractivity contribution in [1.82, 2.24) is 15.3 Å². The van der Waals surface area contributed by atoms with E-state index in [1.807, 2.05) is 12.1 Å². The smallest absolute Gasteiger partial charge is 0.124 e. The number of aromatic amines is 1. The van der Waals surface area contributed by atoms with Crippen molar-refractivity contribution in [3.05, 3.63) is 28.5 Å².